The van der Waals surface area contributed by atoms with Gasteiger partial charge < -0.3 is 0 Å². The lowest BCUT2D eigenvalue weighted by molar-refractivity contribution is 1.35. The van der Waals surface area contributed by atoms with Gasteiger partial charge in [0.25, 0.3) is 0 Å². The molecule has 2 aromatic carbocycles. The minimum atomic E-state index is -1.62. The topological polar surface area (TPSA) is 36.7 Å². The molecule has 0 amide bonds. The van der Waals surface area contributed by atoms with Gasteiger partial charge in [-0.05, 0) is 47.0 Å². The minimum absolute atomic E-state index is 0.669. The van der Waals surface area contributed by atoms with Crippen LogP contribution in [0.15, 0.2) is 42.6 Å². The maximum absolute atomic E-state index is 9.61. The van der Waals surface area contributed by atoms with Gasteiger partial charge >= 0.3 is 0 Å². The van der Waals surface area contributed by atoms with Crippen LogP contribution in [0, 0.1) is 18.3 Å². The Morgan fingerprint density at radius 2 is 1.75 bits per heavy atom. The first-order valence-electron chi connectivity index (χ1n) is 7.92. The summed E-state index contributed by atoms with van der Waals surface area (Å²) in [6.07, 6.45) is 1.79. The maximum atomic E-state index is 9.61. The van der Waals surface area contributed by atoms with Crippen LogP contribution in [0.5, 0.6) is 0 Å². The fourth-order valence-electron chi connectivity index (χ4n) is 3.07. The highest BCUT2D eigenvalue weighted by atomic mass is 35.5. The Morgan fingerprint density at radius 3 is 2.33 bits per heavy atom. The molecule has 0 N–H and O–H groups in total. The highest BCUT2D eigenvalue weighted by Crippen LogP contribution is 2.31. The molecule has 2 nitrogen and oxygen atoms in total. The molecule has 0 unspecified atom stereocenters. The van der Waals surface area contributed by atoms with Crippen molar-refractivity contribution in [1.29, 1.82) is 5.26 Å². The van der Waals surface area contributed by atoms with Crippen molar-refractivity contribution >= 4 is 35.8 Å². The largest absolute Gasteiger partial charge is 0.255 e. The summed E-state index contributed by atoms with van der Waals surface area (Å²) in [6.45, 7) is 8.97. The van der Waals surface area contributed by atoms with E-state index in [-0.39, 0.29) is 0 Å². The van der Waals surface area contributed by atoms with Crippen LogP contribution in [0.3, 0.4) is 0 Å². The quantitative estimate of drug-likeness (QED) is 0.589. The van der Waals surface area contributed by atoms with Crippen molar-refractivity contribution in [1.82, 2.24) is 4.98 Å². The van der Waals surface area contributed by atoms with Crippen LogP contribution >= 0.6 is 11.6 Å². The number of nitrogens with zero attached hydrogens (tertiary/aromatic N) is 2. The smallest absolute Gasteiger partial charge is 0.102 e. The Kier molecular flexibility index (Phi) is 4.21. The zero-order valence-electron chi connectivity index (χ0n) is 14.3. The Morgan fingerprint density at radius 1 is 1.08 bits per heavy atom. The van der Waals surface area contributed by atoms with Crippen molar-refractivity contribution in [3.63, 3.8) is 0 Å². The highest BCUT2D eigenvalue weighted by Gasteiger charge is 2.24. The third kappa shape index (κ3) is 2.84. The van der Waals surface area contributed by atoms with Crippen LogP contribution in [0.1, 0.15) is 11.1 Å². The van der Waals surface area contributed by atoms with E-state index in [0.717, 1.165) is 32.6 Å². The molecule has 0 bridgehead atoms. The monoisotopic (exact) mass is 350 g/mol. The third-order valence-corrected chi connectivity index (χ3v) is 6.55. The lowest BCUT2D eigenvalue weighted by atomic mass is 9.97. The standard InChI is InChI=1S/C20H19ClN2Si/c1-13-11-18(24(2,3)4)19-16(14-5-7-15(21)8-6-14)9-10-23-20(19)17(13)12-22/h5-11H,1-4H3. The fraction of sp³-hybridized carbons (Fsp3) is 0.200. The number of halogens is 1. The van der Waals surface area contributed by atoms with E-state index < -0.39 is 8.07 Å². The number of benzene rings is 2. The van der Waals surface area contributed by atoms with Gasteiger partial charge in [-0.2, -0.15) is 5.26 Å². The average Bonchev–Trinajstić information content (AvgIpc) is 2.53. The number of hydrogen-bond donors (Lipinski definition) is 0. The molecule has 0 spiro atoms. The van der Waals surface area contributed by atoms with Crippen molar-refractivity contribution in [3.8, 4) is 17.2 Å². The van der Waals surface area contributed by atoms with Crippen LogP contribution in [0.4, 0.5) is 0 Å². The summed E-state index contributed by atoms with van der Waals surface area (Å²) in [6, 6.07) is 14.4. The molecular formula is C20H19ClN2Si. The SMILES string of the molecule is Cc1cc([Si](C)(C)C)c2c(-c3ccc(Cl)cc3)ccnc2c1C#N. The number of nitriles is 1. The van der Waals surface area contributed by atoms with Gasteiger partial charge in [-0.15, -0.1) is 0 Å². The number of pyridine rings is 1. The molecule has 0 saturated heterocycles. The molecule has 0 radical (unpaired) electrons. The molecule has 3 aromatic rings. The summed E-state index contributed by atoms with van der Waals surface area (Å²) in [7, 11) is -1.62. The summed E-state index contributed by atoms with van der Waals surface area (Å²) < 4.78 is 0. The summed E-state index contributed by atoms with van der Waals surface area (Å²) in [5, 5.41) is 12.8. The normalized spacial score (nSPS) is 11.5. The van der Waals surface area contributed by atoms with Crippen LogP contribution in [-0.4, -0.2) is 13.1 Å². The Labute approximate surface area is 148 Å². The van der Waals surface area contributed by atoms with Crippen LogP contribution in [0.2, 0.25) is 24.7 Å². The van der Waals surface area contributed by atoms with E-state index in [2.05, 4.69) is 36.8 Å². The van der Waals surface area contributed by atoms with Gasteiger partial charge in [0.1, 0.15) is 6.07 Å². The summed E-state index contributed by atoms with van der Waals surface area (Å²) in [5.41, 5.74) is 4.69. The van der Waals surface area contributed by atoms with E-state index in [4.69, 9.17) is 11.6 Å². The molecule has 4 heteroatoms. The van der Waals surface area contributed by atoms with E-state index in [0.29, 0.717) is 5.56 Å². The Hall–Kier alpha value is -2.15. The van der Waals surface area contributed by atoms with Crippen LogP contribution in [-0.2, 0) is 0 Å². The molecule has 0 aliphatic heterocycles. The first-order chi connectivity index (χ1) is 11.3. The van der Waals surface area contributed by atoms with Crippen molar-refractivity contribution < 1.29 is 0 Å². The predicted molar refractivity (Wildman–Crippen MR) is 105 cm³/mol. The van der Waals surface area contributed by atoms with Gasteiger partial charge in [0.05, 0.1) is 19.2 Å². The van der Waals surface area contributed by atoms with Gasteiger partial charge in [0.2, 0.25) is 0 Å². The Balaban J connectivity index is 2.48. The first kappa shape index (κ1) is 16.7. The van der Waals surface area contributed by atoms with Gasteiger partial charge in [0.15, 0.2) is 0 Å². The van der Waals surface area contributed by atoms with Crippen LogP contribution < -0.4 is 5.19 Å². The zero-order chi connectivity index (χ0) is 17.5. The highest BCUT2D eigenvalue weighted by molar-refractivity contribution is 6.90. The van der Waals surface area contributed by atoms with E-state index in [1.807, 2.05) is 37.3 Å². The summed E-state index contributed by atoms with van der Waals surface area (Å²) in [5.74, 6) is 0. The second kappa shape index (κ2) is 6.05. The third-order valence-electron chi connectivity index (χ3n) is 4.29. The number of aryl methyl sites for hydroxylation is 1. The van der Waals surface area contributed by atoms with E-state index in [1.165, 1.54) is 5.19 Å². The number of aromatic nitrogens is 1. The molecule has 1 heterocycles. The summed E-state index contributed by atoms with van der Waals surface area (Å²) >= 11 is 6.04. The summed E-state index contributed by atoms with van der Waals surface area (Å²) in [4.78, 5) is 4.56. The maximum Gasteiger partial charge on any atom is 0.102 e. The van der Waals surface area contributed by atoms with Crippen molar-refractivity contribution in [2.24, 2.45) is 0 Å². The van der Waals surface area contributed by atoms with Gasteiger partial charge in [-0.1, -0.05) is 49.4 Å². The number of fused-ring (bicyclic) bond motifs is 1. The lowest BCUT2D eigenvalue weighted by Crippen LogP contribution is -2.38. The van der Waals surface area contributed by atoms with E-state index in [1.54, 1.807) is 6.20 Å². The molecule has 0 atom stereocenters. The molecule has 0 aliphatic rings. The second-order valence-electron chi connectivity index (χ2n) is 7.07. The number of rotatable bonds is 2. The predicted octanol–water partition coefficient (Wildman–Crippen LogP) is 5.28. The zero-order valence-corrected chi connectivity index (χ0v) is 16.1. The van der Waals surface area contributed by atoms with Gasteiger partial charge in [0, 0.05) is 16.6 Å². The van der Waals surface area contributed by atoms with Crippen molar-refractivity contribution in [2.75, 3.05) is 0 Å². The van der Waals surface area contributed by atoms with Crippen molar-refractivity contribution in [3.05, 3.63) is 58.7 Å². The van der Waals surface area contributed by atoms with E-state index >= 15 is 0 Å². The molecule has 0 saturated carbocycles. The Bertz CT molecular complexity index is 964. The molecule has 1 aromatic heterocycles. The van der Waals surface area contributed by atoms with Crippen LogP contribution in [0.25, 0.3) is 22.0 Å². The first-order valence-corrected chi connectivity index (χ1v) is 11.8. The minimum Gasteiger partial charge on any atom is -0.255 e. The fourth-order valence-corrected chi connectivity index (χ4v) is 4.85. The van der Waals surface area contributed by atoms with E-state index in [9.17, 15) is 5.26 Å². The molecule has 24 heavy (non-hydrogen) atoms. The molecule has 3 rings (SSSR count). The van der Waals surface area contributed by atoms with Gasteiger partial charge in [-0.25, -0.2) is 0 Å². The average molecular weight is 351 g/mol. The van der Waals surface area contributed by atoms with Gasteiger partial charge in [-0.3, -0.25) is 4.98 Å². The second-order valence-corrected chi connectivity index (χ2v) is 12.5. The molecule has 0 aliphatic carbocycles. The number of hydrogen-bond acceptors (Lipinski definition) is 2. The molecule has 0 fully saturated rings. The lowest BCUT2D eigenvalue weighted by Gasteiger charge is -2.22. The molecular weight excluding hydrogens is 332 g/mol. The van der Waals surface area contributed by atoms with Crippen molar-refractivity contribution in [2.45, 2.75) is 26.6 Å². The molecule has 120 valence electrons.